The molecule has 0 aliphatic heterocycles. The van der Waals surface area contributed by atoms with Crippen molar-refractivity contribution in [2.24, 2.45) is 0 Å². The van der Waals surface area contributed by atoms with Crippen LogP contribution in [-0.4, -0.2) is 19.3 Å². The van der Waals surface area contributed by atoms with Crippen LogP contribution in [0.15, 0.2) is 0 Å². The van der Waals surface area contributed by atoms with E-state index in [2.05, 4.69) is 4.74 Å². The first-order chi connectivity index (χ1) is 4.66. The molecule has 10 heavy (non-hydrogen) atoms. The lowest BCUT2D eigenvalue weighted by atomic mass is 10.2. The third kappa shape index (κ3) is 5.54. The van der Waals surface area contributed by atoms with Crippen LogP contribution in [0.25, 0.3) is 0 Å². The third-order valence-electron chi connectivity index (χ3n) is 1.21. The molecule has 0 rings (SSSR count). The van der Waals surface area contributed by atoms with E-state index in [9.17, 15) is 9.18 Å². The Morgan fingerprint density at radius 3 is 2.70 bits per heavy atom. The van der Waals surface area contributed by atoms with E-state index in [1.54, 1.807) is 0 Å². The van der Waals surface area contributed by atoms with Crippen LogP contribution in [0.1, 0.15) is 26.2 Å². The van der Waals surface area contributed by atoms with Gasteiger partial charge in [0.1, 0.15) is 0 Å². The van der Waals surface area contributed by atoms with Crippen LogP contribution in [0.5, 0.6) is 0 Å². The van der Waals surface area contributed by atoms with E-state index in [1.165, 1.54) is 14.0 Å². The fourth-order valence-electron chi connectivity index (χ4n) is 0.630. The maximum absolute atomic E-state index is 12.1. The Morgan fingerprint density at radius 2 is 2.30 bits per heavy atom. The molecule has 0 saturated carbocycles. The Bertz CT molecular complexity index is 102. The zero-order chi connectivity index (χ0) is 7.98. The topological polar surface area (TPSA) is 26.3 Å². The van der Waals surface area contributed by atoms with Gasteiger partial charge in [0, 0.05) is 6.42 Å². The molecule has 0 heterocycles. The van der Waals surface area contributed by atoms with Gasteiger partial charge in [-0.25, -0.2) is 4.39 Å². The molecule has 0 radical (unpaired) electrons. The van der Waals surface area contributed by atoms with Crippen molar-refractivity contribution >= 4 is 5.97 Å². The van der Waals surface area contributed by atoms with Crippen molar-refractivity contribution in [1.82, 2.24) is 0 Å². The lowest BCUT2D eigenvalue weighted by molar-refractivity contribution is -0.140. The van der Waals surface area contributed by atoms with Gasteiger partial charge >= 0.3 is 5.97 Å². The maximum Gasteiger partial charge on any atom is 0.305 e. The monoisotopic (exact) mass is 148 g/mol. The zero-order valence-electron chi connectivity index (χ0n) is 6.39. The summed E-state index contributed by atoms with van der Waals surface area (Å²) in [5, 5.41) is 0. The molecule has 0 unspecified atom stereocenters. The number of esters is 1. The van der Waals surface area contributed by atoms with Gasteiger partial charge in [0.05, 0.1) is 13.3 Å². The van der Waals surface area contributed by atoms with Gasteiger partial charge in [-0.1, -0.05) is 0 Å². The highest BCUT2D eigenvalue weighted by molar-refractivity contribution is 5.68. The van der Waals surface area contributed by atoms with Gasteiger partial charge in [-0.2, -0.15) is 0 Å². The molecule has 0 aromatic heterocycles. The minimum Gasteiger partial charge on any atom is -0.469 e. The van der Waals surface area contributed by atoms with Crippen molar-refractivity contribution in [3.05, 3.63) is 0 Å². The number of alkyl halides is 1. The molecule has 0 fully saturated rings. The Kier molecular flexibility index (Phi) is 4.89. The fourth-order valence-corrected chi connectivity index (χ4v) is 0.630. The first kappa shape index (κ1) is 9.40. The molecular weight excluding hydrogens is 135 g/mol. The summed E-state index contributed by atoms with van der Waals surface area (Å²) in [7, 11) is 1.33. The number of hydrogen-bond donors (Lipinski definition) is 0. The normalized spacial score (nSPS) is 12.7. The average Bonchev–Trinajstić information content (AvgIpc) is 1.87. The molecule has 0 aromatic rings. The first-order valence-corrected chi connectivity index (χ1v) is 3.37. The SMILES string of the molecule is COC(=O)CCC[C@@H](C)F. The van der Waals surface area contributed by atoms with Crippen LogP contribution in [-0.2, 0) is 9.53 Å². The summed E-state index contributed by atoms with van der Waals surface area (Å²) in [4.78, 5) is 10.4. The number of carbonyl (C=O) groups is 1. The second kappa shape index (κ2) is 5.21. The van der Waals surface area contributed by atoms with Crippen molar-refractivity contribution < 1.29 is 13.9 Å². The van der Waals surface area contributed by atoms with Crippen molar-refractivity contribution in [2.75, 3.05) is 7.11 Å². The average molecular weight is 148 g/mol. The number of carbonyl (C=O) groups excluding carboxylic acids is 1. The van der Waals surface area contributed by atoms with Crippen LogP contribution in [0, 0.1) is 0 Å². The molecule has 3 heteroatoms. The fraction of sp³-hybridized carbons (Fsp3) is 0.857. The van der Waals surface area contributed by atoms with E-state index in [0.29, 0.717) is 19.3 Å². The quantitative estimate of drug-likeness (QED) is 0.567. The van der Waals surface area contributed by atoms with Crippen LogP contribution in [0.3, 0.4) is 0 Å². The van der Waals surface area contributed by atoms with Crippen LogP contribution >= 0.6 is 0 Å². The zero-order valence-corrected chi connectivity index (χ0v) is 6.39. The molecular formula is C7H13FO2. The summed E-state index contributed by atoms with van der Waals surface area (Å²) in [6.45, 7) is 1.48. The van der Waals surface area contributed by atoms with E-state index in [-0.39, 0.29) is 5.97 Å². The van der Waals surface area contributed by atoms with Crippen molar-refractivity contribution in [3.63, 3.8) is 0 Å². The standard InChI is InChI=1S/C7H13FO2/c1-6(8)4-3-5-7(9)10-2/h6H,3-5H2,1-2H3/t6-/m1/s1. The second-order valence-corrected chi connectivity index (χ2v) is 2.25. The number of rotatable bonds is 4. The molecule has 60 valence electrons. The van der Waals surface area contributed by atoms with Crippen molar-refractivity contribution in [2.45, 2.75) is 32.4 Å². The van der Waals surface area contributed by atoms with E-state index < -0.39 is 6.17 Å². The molecule has 1 atom stereocenters. The molecule has 0 aliphatic carbocycles. The van der Waals surface area contributed by atoms with E-state index in [0.717, 1.165) is 0 Å². The van der Waals surface area contributed by atoms with E-state index in [1.807, 2.05) is 0 Å². The lowest BCUT2D eigenvalue weighted by Crippen LogP contribution is -2.01. The summed E-state index contributed by atoms with van der Waals surface area (Å²) in [6.07, 6.45) is 0.522. The molecule has 0 amide bonds. The summed E-state index contributed by atoms with van der Waals surface area (Å²) >= 11 is 0. The van der Waals surface area contributed by atoms with Gasteiger partial charge in [-0.3, -0.25) is 4.79 Å². The molecule has 0 spiro atoms. The summed E-state index contributed by atoms with van der Waals surface area (Å²) in [5.41, 5.74) is 0. The minimum absolute atomic E-state index is 0.263. The molecule has 2 nitrogen and oxygen atoms in total. The van der Waals surface area contributed by atoms with Gasteiger partial charge in [0.2, 0.25) is 0 Å². The summed E-state index contributed by atoms with van der Waals surface area (Å²) in [5.74, 6) is -0.263. The number of methoxy groups -OCH3 is 1. The van der Waals surface area contributed by atoms with Crippen LogP contribution < -0.4 is 0 Å². The predicted octanol–water partition coefficient (Wildman–Crippen LogP) is 1.69. The molecule has 0 N–H and O–H groups in total. The Labute approximate surface area is 60.4 Å². The first-order valence-electron chi connectivity index (χ1n) is 3.37. The third-order valence-corrected chi connectivity index (χ3v) is 1.21. The molecule has 0 saturated heterocycles. The van der Waals surface area contributed by atoms with Gasteiger partial charge in [0.25, 0.3) is 0 Å². The molecule has 0 aromatic carbocycles. The predicted molar refractivity (Wildman–Crippen MR) is 36.4 cm³/mol. The highest BCUT2D eigenvalue weighted by Gasteiger charge is 2.02. The largest absolute Gasteiger partial charge is 0.469 e. The summed E-state index contributed by atoms with van der Waals surface area (Å²) in [6, 6.07) is 0. The minimum atomic E-state index is -0.815. The number of halogens is 1. The Hall–Kier alpha value is -0.600. The smallest absolute Gasteiger partial charge is 0.305 e. The molecule has 0 bridgehead atoms. The number of hydrogen-bond acceptors (Lipinski definition) is 2. The second-order valence-electron chi connectivity index (χ2n) is 2.25. The van der Waals surface area contributed by atoms with E-state index >= 15 is 0 Å². The Morgan fingerprint density at radius 1 is 1.70 bits per heavy atom. The molecule has 0 aliphatic rings. The highest BCUT2D eigenvalue weighted by atomic mass is 19.1. The van der Waals surface area contributed by atoms with Crippen LogP contribution in [0.2, 0.25) is 0 Å². The van der Waals surface area contributed by atoms with Gasteiger partial charge < -0.3 is 4.74 Å². The van der Waals surface area contributed by atoms with Gasteiger partial charge in [-0.15, -0.1) is 0 Å². The summed E-state index contributed by atoms with van der Waals surface area (Å²) < 4.78 is 16.5. The number of ether oxygens (including phenoxy) is 1. The van der Waals surface area contributed by atoms with Crippen molar-refractivity contribution in [3.8, 4) is 0 Å². The van der Waals surface area contributed by atoms with Gasteiger partial charge in [0.15, 0.2) is 0 Å². The maximum atomic E-state index is 12.1. The van der Waals surface area contributed by atoms with Gasteiger partial charge in [-0.05, 0) is 19.8 Å². The highest BCUT2D eigenvalue weighted by Crippen LogP contribution is 2.03. The van der Waals surface area contributed by atoms with E-state index in [4.69, 9.17) is 0 Å². The Balaban J connectivity index is 3.12. The van der Waals surface area contributed by atoms with Crippen LogP contribution in [0.4, 0.5) is 4.39 Å². The van der Waals surface area contributed by atoms with Crippen molar-refractivity contribution in [1.29, 1.82) is 0 Å². The lowest BCUT2D eigenvalue weighted by Gasteiger charge is -1.99.